The predicted octanol–water partition coefficient (Wildman–Crippen LogP) is 2.15. The Hall–Kier alpha value is -2.94. The van der Waals surface area contributed by atoms with Crippen molar-refractivity contribution in [3.63, 3.8) is 0 Å². The summed E-state index contributed by atoms with van der Waals surface area (Å²) in [6.07, 6.45) is 2.11. The van der Waals surface area contributed by atoms with E-state index in [-0.39, 0.29) is 5.92 Å². The fraction of sp³-hybridized carbons (Fsp3) is 0.545. The summed E-state index contributed by atoms with van der Waals surface area (Å²) in [5.41, 5.74) is 4.07. The number of nitrogens with one attached hydrogen (secondary N) is 3. The molecule has 1 heterocycles. The van der Waals surface area contributed by atoms with Crippen LogP contribution < -0.4 is 16.2 Å². The molecule has 1 saturated heterocycles. The number of carbonyl (C=O) groups excluding carboxylic acids is 4. The van der Waals surface area contributed by atoms with Gasteiger partial charge in [0.15, 0.2) is 0 Å². The number of imide groups is 1. The number of rotatable bonds is 10. The van der Waals surface area contributed by atoms with E-state index in [0.29, 0.717) is 19.3 Å². The third-order valence-electron chi connectivity index (χ3n) is 5.58. The molecule has 0 radical (unpaired) electrons. The first kappa shape index (κ1) is 24.3. The number of carbonyl (C=O) groups is 4. The highest BCUT2D eigenvalue weighted by atomic mass is 16.5. The van der Waals surface area contributed by atoms with Crippen LogP contribution >= 0.6 is 0 Å². The van der Waals surface area contributed by atoms with Gasteiger partial charge in [-0.2, -0.15) is 0 Å². The van der Waals surface area contributed by atoms with Crippen molar-refractivity contribution in [3.8, 4) is 0 Å². The van der Waals surface area contributed by atoms with E-state index in [1.807, 2.05) is 44.2 Å². The van der Waals surface area contributed by atoms with Crippen LogP contribution in [0.15, 0.2) is 30.3 Å². The zero-order valence-electron chi connectivity index (χ0n) is 18.5. The molecule has 0 unspecified atom stereocenters. The van der Waals surface area contributed by atoms with Gasteiger partial charge in [-0.1, -0.05) is 44.2 Å². The van der Waals surface area contributed by atoms with Gasteiger partial charge in [-0.05, 0) is 51.0 Å². The number of hydrogen-bond donors (Lipinski definition) is 4. The molecule has 170 valence electrons. The number of hydroxylamine groups is 1. The molecule has 0 spiro atoms. The number of hydrogen-bond acceptors (Lipinski definition) is 5. The summed E-state index contributed by atoms with van der Waals surface area (Å²) in [7, 11) is 0. The van der Waals surface area contributed by atoms with E-state index in [1.54, 1.807) is 5.48 Å². The Bertz CT molecular complexity index is 809. The maximum Gasteiger partial charge on any atom is 0.343 e. The topological polar surface area (TPSA) is 128 Å². The molecule has 1 aromatic rings. The summed E-state index contributed by atoms with van der Waals surface area (Å²) in [4.78, 5) is 49.8. The van der Waals surface area contributed by atoms with E-state index in [9.17, 15) is 24.4 Å². The number of hydrazine groups is 1. The van der Waals surface area contributed by atoms with Crippen molar-refractivity contribution in [1.82, 2.24) is 21.2 Å². The van der Waals surface area contributed by atoms with Crippen molar-refractivity contribution in [1.29, 1.82) is 0 Å². The zero-order valence-corrected chi connectivity index (χ0v) is 18.5. The molecular weight excluding hydrogens is 400 g/mol. The third-order valence-corrected chi connectivity index (χ3v) is 5.58. The van der Waals surface area contributed by atoms with Crippen LogP contribution in [0.2, 0.25) is 0 Å². The van der Waals surface area contributed by atoms with Crippen molar-refractivity contribution in [2.45, 2.75) is 58.9 Å². The van der Waals surface area contributed by atoms with Gasteiger partial charge in [0.1, 0.15) is 5.54 Å². The van der Waals surface area contributed by atoms with Gasteiger partial charge < -0.3 is 0 Å². The Morgan fingerprint density at radius 3 is 2.26 bits per heavy atom. The molecule has 0 aliphatic carbocycles. The minimum Gasteiger partial charge on any atom is -0.289 e. The monoisotopic (exact) mass is 432 g/mol. The minimum absolute atomic E-state index is 0.0842. The smallest absolute Gasteiger partial charge is 0.289 e. The molecule has 2 rings (SSSR count). The van der Waals surface area contributed by atoms with Crippen LogP contribution in [-0.4, -0.2) is 39.5 Å². The fourth-order valence-corrected chi connectivity index (χ4v) is 3.78. The van der Waals surface area contributed by atoms with Crippen LogP contribution in [0.4, 0.5) is 4.79 Å². The Balaban J connectivity index is 2.18. The molecule has 5 amide bonds. The maximum atomic E-state index is 13.2. The first-order valence-electron chi connectivity index (χ1n) is 10.5. The van der Waals surface area contributed by atoms with Crippen LogP contribution in [-0.2, 0) is 20.8 Å². The lowest BCUT2D eigenvalue weighted by Crippen LogP contribution is -2.56. The molecule has 0 saturated carbocycles. The molecule has 1 aliphatic heterocycles. The van der Waals surface area contributed by atoms with Gasteiger partial charge in [0.25, 0.3) is 5.91 Å². The summed E-state index contributed by atoms with van der Waals surface area (Å²) in [6, 6.07) is 9.06. The van der Waals surface area contributed by atoms with Crippen molar-refractivity contribution in [2.75, 3.05) is 0 Å². The molecule has 9 heteroatoms. The van der Waals surface area contributed by atoms with Gasteiger partial charge in [-0.3, -0.25) is 30.3 Å². The van der Waals surface area contributed by atoms with Crippen LogP contribution in [0, 0.1) is 17.8 Å². The molecule has 1 aromatic carbocycles. The number of nitrogens with zero attached hydrogens (tertiary/aromatic N) is 1. The van der Waals surface area contributed by atoms with Gasteiger partial charge in [0.05, 0.1) is 11.8 Å². The Morgan fingerprint density at radius 1 is 1.10 bits per heavy atom. The summed E-state index contributed by atoms with van der Waals surface area (Å²) >= 11 is 0. The lowest BCUT2D eigenvalue weighted by atomic mass is 9.81. The number of benzene rings is 1. The normalized spacial score (nSPS) is 17.3. The molecule has 4 N–H and O–H groups in total. The molecule has 2 atom stereocenters. The Kier molecular flexibility index (Phi) is 8.15. The quantitative estimate of drug-likeness (QED) is 0.256. The highest BCUT2D eigenvalue weighted by Gasteiger charge is 2.48. The van der Waals surface area contributed by atoms with Gasteiger partial charge in [0, 0.05) is 0 Å². The molecule has 31 heavy (non-hydrogen) atoms. The van der Waals surface area contributed by atoms with Gasteiger partial charge >= 0.3 is 6.03 Å². The average molecular weight is 433 g/mol. The zero-order chi connectivity index (χ0) is 23.2. The summed E-state index contributed by atoms with van der Waals surface area (Å²) in [6.45, 7) is 6.88. The summed E-state index contributed by atoms with van der Waals surface area (Å²) in [5.74, 6) is -3.20. The van der Waals surface area contributed by atoms with Gasteiger partial charge in [-0.15, -0.1) is 0 Å². The minimum atomic E-state index is -1.25. The predicted molar refractivity (Wildman–Crippen MR) is 113 cm³/mol. The number of amides is 5. The van der Waals surface area contributed by atoms with Gasteiger partial charge in [-0.25, -0.2) is 15.3 Å². The third kappa shape index (κ3) is 6.04. The number of urea groups is 1. The summed E-state index contributed by atoms with van der Waals surface area (Å²) in [5, 5.41) is 12.4. The second-order valence-electron chi connectivity index (χ2n) is 8.83. The fourth-order valence-electron chi connectivity index (χ4n) is 3.78. The highest BCUT2D eigenvalue weighted by molar-refractivity contribution is 6.07. The van der Waals surface area contributed by atoms with E-state index in [2.05, 4.69) is 10.7 Å². The lowest BCUT2D eigenvalue weighted by molar-refractivity contribution is -0.143. The molecule has 0 bridgehead atoms. The second-order valence-corrected chi connectivity index (χ2v) is 8.83. The standard InChI is InChI=1S/C22H32N4O5/c1-14(2)13-17(18(27)24-26-21(30)23-20(29)22(26,3)4)16(19(28)25-31)12-8-11-15-9-6-5-7-10-15/h5-7,9-10,14,16-17,31H,8,11-13H2,1-4H3,(H,24,27)(H,25,28)(H,23,29,30)/t16-,17+/m0/s1. The SMILES string of the molecule is CC(C)C[C@@H](C(=O)NN1C(=O)NC(=O)C1(C)C)[C@H](CCCc1ccccc1)C(=O)NO. The maximum absolute atomic E-state index is 13.2. The van der Waals surface area contributed by atoms with Crippen LogP contribution in [0.25, 0.3) is 0 Å². The Labute approximate surface area is 182 Å². The van der Waals surface area contributed by atoms with Gasteiger partial charge in [0.2, 0.25) is 11.8 Å². The van der Waals surface area contributed by atoms with Crippen molar-refractivity contribution in [3.05, 3.63) is 35.9 Å². The molecule has 1 fully saturated rings. The lowest BCUT2D eigenvalue weighted by Gasteiger charge is -2.32. The first-order chi connectivity index (χ1) is 14.6. The van der Waals surface area contributed by atoms with Crippen molar-refractivity contribution < 1.29 is 24.4 Å². The molecule has 0 aromatic heterocycles. The molecule has 9 nitrogen and oxygen atoms in total. The van der Waals surface area contributed by atoms with E-state index < -0.39 is 41.1 Å². The highest BCUT2D eigenvalue weighted by Crippen LogP contribution is 2.27. The van der Waals surface area contributed by atoms with E-state index >= 15 is 0 Å². The van der Waals surface area contributed by atoms with Crippen LogP contribution in [0.3, 0.4) is 0 Å². The first-order valence-corrected chi connectivity index (χ1v) is 10.5. The summed E-state index contributed by atoms with van der Waals surface area (Å²) < 4.78 is 0. The van der Waals surface area contributed by atoms with E-state index in [1.165, 1.54) is 13.8 Å². The largest absolute Gasteiger partial charge is 0.343 e. The van der Waals surface area contributed by atoms with E-state index in [4.69, 9.17) is 0 Å². The Morgan fingerprint density at radius 2 is 1.74 bits per heavy atom. The van der Waals surface area contributed by atoms with Crippen molar-refractivity contribution in [2.24, 2.45) is 17.8 Å². The second kappa shape index (κ2) is 10.4. The number of aryl methyl sites for hydroxylation is 1. The van der Waals surface area contributed by atoms with E-state index in [0.717, 1.165) is 17.0 Å². The van der Waals surface area contributed by atoms with Crippen LogP contribution in [0.5, 0.6) is 0 Å². The van der Waals surface area contributed by atoms with Crippen LogP contribution in [0.1, 0.15) is 52.5 Å². The van der Waals surface area contributed by atoms with Crippen molar-refractivity contribution >= 4 is 23.8 Å². The molecular formula is C22H32N4O5. The molecule has 1 aliphatic rings. The average Bonchev–Trinajstić information content (AvgIpc) is 2.91.